The summed E-state index contributed by atoms with van der Waals surface area (Å²) in [7, 11) is 0. The molecule has 1 saturated heterocycles. The van der Waals surface area contributed by atoms with E-state index in [0.29, 0.717) is 12.1 Å². The van der Waals surface area contributed by atoms with E-state index in [9.17, 15) is 10.1 Å². The van der Waals surface area contributed by atoms with Crippen molar-refractivity contribution in [3.05, 3.63) is 93.8 Å². The topological polar surface area (TPSA) is 63.4 Å². The first kappa shape index (κ1) is 31.1. The molecule has 0 N–H and O–H groups in total. The maximum Gasteiger partial charge on any atom is 0.269 e. The number of carbonyl (C=O) groups is 1. The highest BCUT2D eigenvalue weighted by atomic mass is 16.6. The SMILES string of the molecule is O=C(c1ccc([N+](=O)[O-])cc1)N1CC23c4c5c6c7c8c9c(c%10c%11c2c2c4c4c%12c5c5c6c6c8c8c%13c9c9c%10c%10c%11c%11c2c2c4c4c%12c%12c5c5c6c8c6c8c%13c9c9c%10c%10c%11c2c2c4c4c%12c5c6c5c8c9c%10c2c45)C73C1[C]1[CH][CH][CH][CH]1. The second-order valence-corrected chi connectivity index (χ2v) is 27.8. The zero-order valence-electron chi connectivity index (χ0n) is 40.0. The van der Waals surface area contributed by atoms with E-state index in [2.05, 4.69) is 30.6 Å². The lowest BCUT2D eigenvalue weighted by molar-refractivity contribution is -0.384. The van der Waals surface area contributed by atoms with Gasteiger partial charge in [0.25, 0.3) is 11.6 Å². The van der Waals surface area contributed by atoms with Crippen molar-refractivity contribution in [2.45, 2.75) is 16.9 Å². The molecule has 5 radical (unpaired) electrons. The fourth-order valence-corrected chi connectivity index (χ4v) is 26.9. The summed E-state index contributed by atoms with van der Waals surface area (Å²) in [6.45, 7) is 0.536. The first-order valence-electron chi connectivity index (χ1n) is 28.7. The molecule has 29 aromatic rings. The highest BCUT2D eigenvalue weighted by molar-refractivity contribution is 6.82. The second kappa shape index (κ2) is 7.33. The number of rotatable bonds is 3. The van der Waals surface area contributed by atoms with Gasteiger partial charge in [-0.2, -0.15) is 0 Å². The molecule has 335 valence electrons. The van der Waals surface area contributed by atoms with Crippen molar-refractivity contribution in [3.63, 3.8) is 0 Å². The van der Waals surface area contributed by atoms with Gasteiger partial charge in [-0.3, -0.25) is 14.9 Å². The lowest BCUT2D eigenvalue weighted by Crippen LogP contribution is -2.56. The fourth-order valence-electron chi connectivity index (χ4n) is 26.9. The summed E-state index contributed by atoms with van der Waals surface area (Å²) in [5.41, 5.74) is 5.34. The number of amides is 1. The Labute approximate surface area is 432 Å². The van der Waals surface area contributed by atoms with Gasteiger partial charge in [-0.05, 0) is 351 Å². The summed E-state index contributed by atoms with van der Waals surface area (Å²) in [5, 5.41) is 96.3. The third-order valence-corrected chi connectivity index (χ3v) is 27.3. The molecule has 1 heterocycles. The normalized spacial score (nSPS) is 23.5. The van der Waals surface area contributed by atoms with Crippen molar-refractivity contribution < 1.29 is 9.72 Å². The molecule has 1 unspecified atom stereocenters. The Balaban J connectivity index is 1.03. The van der Waals surface area contributed by atoms with E-state index in [1.807, 2.05) is 0 Å². The summed E-state index contributed by atoms with van der Waals surface area (Å²) in [4.78, 5) is 30.9. The molecular weight excluding hydrogens is 965 g/mol. The Morgan fingerprint density at radius 3 is 0.823 bits per heavy atom. The number of hydrogen-bond acceptors (Lipinski definition) is 3. The Morgan fingerprint density at radius 1 is 0.354 bits per heavy atom. The minimum absolute atomic E-state index is 0.00833. The van der Waals surface area contributed by atoms with Gasteiger partial charge in [-0.1, -0.05) is 0 Å². The zero-order chi connectivity index (χ0) is 47.9. The number of carbonyl (C=O) groups excluding carboxylic acids is 1. The van der Waals surface area contributed by atoms with E-state index < -0.39 is 10.8 Å². The molecule has 5 heteroatoms. The fraction of sp³-hybridized carbons (Fsp3) is 0.0541. The number of benzene rings is 19. The maximum absolute atomic E-state index is 16.6. The maximum atomic E-state index is 16.6. The minimum atomic E-state index is -0.691. The average molecular weight is 976 g/mol. The number of non-ortho nitro benzene ring substituents is 1. The molecule has 79 heavy (non-hydrogen) atoms. The largest absolute Gasteiger partial charge is 0.332 e. The zero-order valence-corrected chi connectivity index (χ0v) is 40.0. The number of nitrogens with zero attached hydrogens (tertiary/aromatic N) is 2. The van der Waals surface area contributed by atoms with Crippen molar-refractivity contribution in [3.8, 4) is 0 Å². The van der Waals surface area contributed by atoms with Gasteiger partial charge in [0.1, 0.15) is 0 Å². The lowest BCUT2D eigenvalue weighted by atomic mass is 9.47. The van der Waals surface area contributed by atoms with Crippen LogP contribution in [-0.2, 0) is 10.8 Å². The number of likely N-dealkylation sites (tertiary alicyclic amines) is 1. The second-order valence-electron chi connectivity index (χ2n) is 27.8. The predicted octanol–water partition coefficient (Wildman–Crippen LogP) is 18.1. The van der Waals surface area contributed by atoms with Gasteiger partial charge in [0.05, 0.1) is 21.8 Å². The van der Waals surface area contributed by atoms with E-state index in [0.717, 1.165) is 0 Å². The third kappa shape index (κ3) is 1.79. The average Bonchev–Trinajstić information content (AvgIpc) is 1.43. The molecule has 2 spiro atoms. The van der Waals surface area contributed by atoms with Crippen LogP contribution in [0.4, 0.5) is 5.69 Å². The molecule has 35 rings (SSSR count). The first-order chi connectivity index (χ1) is 39.1. The molecule has 6 aliphatic rings. The molecule has 0 aromatic heterocycles. The molecule has 5 aliphatic carbocycles. The summed E-state index contributed by atoms with van der Waals surface area (Å²) >= 11 is 0. The van der Waals surface area contributed by atoms with E-state index in [1.54, 1.807) is 229 Å². The van der Waals surface area contributed by atoms with Crippen LogP contribution >= 0.6 is 0 Å². The molecule has 2 fully saturated rings. The number of nitro groups is 1. The van der Waals surface area contributed by atoms with Crippen LogP contribution in [0, 0.1) is 41.7 Å². The van der Waals surface area contributed by atoms with E-state index >= 15 is 4.79 Å². The lowest BCUT2D eigenvalue weighted by Gasteiger charge is -2.52. The van der Waals surface area contributed by atoms with Crippen molar-refractivity contribution >= 4 is 302 Å². The minimum Gasteiger partial charge on any atom is -0.332 e. The Hall–Kier alpha value is -9.45. The van der Waals surface area contributed by atoms with Gasteiger partial charge in [-0.15, -0.1) is 0 Å². The third-order valence-electron chi connectivity index (χ3n) is 27.3. The van der Waals surface area contributed by atoms with Crippen LogP contribution in [-0.4, -0.2) is 28.3 Å². The highest BCUT2D eigenvalue weighted by Gasteiger charge is 2.77. The van der Waals surface area contributed by atoms with E-state index in [1.165, 1.54) is 114 Å². The standard InChI is InChI=1S/C74H11N2O3/c77-72(11-5-7-12(8-6-11)76(78)79)75-9-73-67-59-51-41-31-23-15-13-14-17-21-19(15)27-35-29(21)39-33-25(17)26-18(14)22-20-16(13)24(23)32-38-28(20)36-30(22)40-34(26)44-43(33)55-49(39)57-47(35)53(45(51)37(27)31)61(67)63(57)69-65(55)66-56(44)50(40)58-48(36)54-46(38)52(42(32)41)60(59)68(73)62(54)64(58)70(66)74(69,73)71(75)10-3-1-2-4-10/h1-8,71H,9H2. The summed E-state index contributed by atoms with van der Waals surface area (Å²) in [6.07, 6.45) is 9.15. The summed E-state index contributed by atoms with van der Waals surface area (Å²) in [5.74, 6) is 1.17. The van der Waals surface area contributed by atoms with Gasteiger partial charge < -0.3 is 4.90 Å². The Bertz CT molecular complexity index is 7630. The number of nitro benzene ring substituents is 1. The van der Waals surface area contributed by atoms with Crippen LogP contribution < -0.4 is 0 Å². The van der Waals surface area contributed by atoms with Crippen molar-refractivity contribution in [1.29, 1.82) is 0 Å². The van der Waals surface area contributed by atoms with Crippen molar-refractivity contribution in [2.24, 2.45) is 0 Å². The van der Waals surface area contributed by atoms with Gasteiger partial charge in [-0.25, -0.2) is 0 Å². The number of hydrogen-bond donors (Lipinski definition) is 0. The monoisotopic (exact) mass is 975 g/mol. The predicted molar refractivity (Wildman–Crippen MR) is 322 cm³/mol. The molecule has 5 nitrogen and oxygen atoms in total. The summed E-state index contributed by atoms with van der Waals surface area (Å²) < 4.78 is 0. The van der Waals surface area contributed by atoms with Gasteiger partial charge in [0, 0.05) is 30.2 Å². The Morgan fingerprint density at radius 2 is 0.582 bits per heavy atom. The van der Waals surface area contributed by atoms with Gasteiger partial charge >= 0.3 is 0 Å². The van der Waals surface area contributed by atoms with Crippen LogP contribution in [0.15, 0.2) is 24.3 Å². The molecule has 0 bridgehead atoms. The molecule has 29 aromatic carbocycles. The van der Waals surface area contributed by atoms with Crippen LogP contribution in [0.3, 0.4) is 0 Å². The smallest absolute Gasteiger partial charge is 0.269 e. The molecule has 1 atom stereocenters. The van der Waals surface area contributed by atoms with Crippen LogP contribution in [0.1, 0.15) is 32.6 Å². The van der Waals surface area contributed by atoms with Crippen LogP contribution in [0.5, 0.6) is 0 Å². The molecule has 1 aliphatic heterocycles. The van der Waals surface area contributed by atoms with Gasteiger partial charge in [0.15, 0.2) is 0 Å². The Kier molecular flexibility index (Phi) is 2.88. The van der Waals surface area contributed by atoms with Crippen molar-refractivity contribution in [2.75, 3.05) is 6.54 Å². The first-order valence-corrected chi connectivity index (χ1v) is 28.7. The van der Waals surface area contributed by atoms with Crippen molar-refractivity contribution in [1.82, 2.24) is 4.90 Å². The van der Waals surface area contributed by atoms with Gasteiger partial charge in [0.2, 0.25) is 0 Å². The molecule has 1 amide bonds. The molecule has 1 saturated carbocycles. The van der Waals surface area contributed by atoms with Crippen LogP contribution in [0.2, 0.25) is 0 Å². The molecular formula is C74H11N2O3. The highest BCUT2D eigenvalue weighted by Crippen LogP contribution is 2.86. The summed E-state index contributed by atoms with van der Waals surface area (Å²) in [6, 6.07) is 6.22. The van der Waals surface area contributed by atoms with E-state index in [-0.39, 0.29) is 22.6 Å². The van der Waals surface area contributed by atoms with E-state index in [4.69, 9.17) is 0 Å². The van der Waals surface area contributed by atoms with Crippen LogP contribution in [0.25, 0.3) is 291 Å². The quantitative estimate of drug-likeness (QED) is 0.101.